The summed E-state index contributed by atoms with van der Waals surface area (Å²) >= 11 is 3.33. The van der Waals surface area contributed by atoms with Gasteiger partial charge in [-0.1, -0.05) is 15.9 Å². The zero-order valence-corrected chi connectivity index (χ0v) is 15.9. The van der Waals surface area contributed by atoms with Crippen molar-refractivity contribution in [2.24, 2.45) is 0 Å². The van der Waals surface area contributed by atoms with Crippen molar-refractivity contribution in [1.82, 2.24) is 9.97 Å². The molecule has 4 nitrogen and oxygen atoms in total. The van der Waals surface area contributed by atoms with Crippen LogP contribution in [0.5, 0.6) is 0 Å². The first-order chi connectivity index (χ1) is 9.65. The zero-order valence-electron chi connectivity index (χ0n) is 11.2. The smallest absolute Gasteiger partial charge is 0.545 e. The molecule has 0 saturated heterocycles. The summed E-state index contributed by atoms with van der Waals surface area (Å²) in [5.74, 6) is -1.22. The van der Waals surface area contributed by atoms with E-state index in [-0.39, 0.29) is 56.9 Å². The van der Waals surface area contributed by atoms with Crippen molar-refractivity contribution in [3.8, 4) is 11.3 Å². The summed E-state index contributed by atoms with van der Waals surface area (Å²) in [6.45, 7) is 0. The van der Waals surface area contributed by atoms with Crippen LogP contribution in [0.1, 0.15) is 10.4 Å². The Hall–Kier alpha value is -0.634. The molecule has 98 valence electrons. The van der Waals surface area contributed by atoms with Gasteiger partial charge in [-0.05, 0) is 36.4 Å². The molecule has 2 aromatic heterocycles. The van der Waals surface area contributed by atoms with Crippen LogP contribution in [0.2, 0.25) is 0 Å². The zero-order chi connectivity index (χ0) is 14.1. The summed E-state index contributed by atoms with van der Waals surface area (Å²) in [6.07, 6.45) is 3.30. The number of pyridine rings is 2. The van der Waals surface area contributed by atoms with Gasteiger partial charge >= 0.3 is 51.4 Å². The number of rotatable bonds is 2. The maximum absolute atomic E-state index is 11.3. The Morgan fingerprint density at radius 1 is 1.19 bits per heavy atom. The minimum atomic E-state index is -1.22. The number of aromatic carboxylic acids is 1. The number of aromatic nitrogens is 2. The molecule has 0 aliphatic heterocycles. The van der Waals surface area contributed by atoms with Crippen molar-refractivity contribution in [3.05, 3.63) is 58.8 Å². The molecular formula is C15H8BrKN2O2. The number of hydrogen-bond acceptors (Lipinski definition) is 4. The summed E-state index contributed by atoms with van der Waals surface area (Å²) in [5.41, 5.74) is 2.05. The molecule has 2 heterocycles. The molecule has 0 aliphatic carbocycles. The average Bonchev–Trinajstić information content (AvgIpc) is 2.47. The van der Waals surface area contributed by atoms with Gasteiger partial charge in [0, 0.05) is 33.4 Å². The van der Waals surface area contributed by atoms with Crippen LogP contribution in [-0.2, 0) is 0 Å². The summed E-state index contributed by atoms with van der Waals surface area (Å²) in [5, 5.41) is 11.9. The molecule has 3 aromatic rings. The maximum atomic E-state index is 11.3. The summed E-state index contributed by atoms with van der Waals surface area (Å²) in [6, 6.07) is 10.4. The van der Waals surface area contributed by atoms with E-state index in [1.165, 1.54) is 6.07 Å². The van der Waals surface area contributed by atoms with E-state index in [2.05, 4.69) is 25.9 Å². The van der Waals surface area contributed by atoms with Gasteiger partial charge < -0.3 is 9.90 Å². The molecular weight excluding hydrogens is 359 g/mol. The summed E-state index contributed by atoms with van der Waals surface area (Å²) in [7, 11) is 0. The third-order valence-corrected chi connectivity index (χ3v) is 3.44. The molecule has 0 spiro atoms. The van der Waals surface area contributed by atoms with E-state index in [0.29, 0.717) is 16.6 Å². The third kappa shape index (κ3) is 3.58. The molecule has 0 atom stereocenters. The second-order valence-electron chi connectivity index (χ2n) is 4.25. The Morgan fingerprint density at radius 3 is 2.67 bits per heavy atom. The first kappa shape index (κ1) is 16.7. The fourth-order valence-electron chi connectivity index (χ4n) is 2.03. The van der Waals surface area contributed by atoms with Gasteiger partial charge in [-0.15, -0.1) is 0 Å². The van der Waals surface area contributed by atoms with Crippen LogP contribution in [0.3, 0.4) is 0 Å². The van der Waals surface area contributed by atoms with E-state index in [0.717, 1.165) is 10.0 Å². The Bertz CT molecular complexity index is 809. The van der Waals surface area contributed by atoms with Crippen molar-refractivity contribution >= 4 is 32.8 Å². The molecule has 21 heavy (non-hydrogen) atoms. The Labute approximate surface area is 172 Å². The van der Waals surface area contributed by atoms with E-state index >= 15 is 0 Å². The molecule has 1 aromatic carbocycles. The Morgan fingerprint density at radius 2 is 2.00 bits per heavy atom. The predicted octanol–water partition coefficient (Wildman–Crippen LogP) is -0.573. The fraction of sp³-hybridized carbons (Fsp3) is 0. The number of benzene rings is 1. The van der Waals surface area contributed by atoms with Crippen LogP contribution < -0.4 is 56.5 Å². The minimum absolute atomic E-state index is 0. The molecule has 6 heteroatoms. The molecule has 0 bridgehead atoms. The Kier molecular flexibility index (Phi) is 5.64. The van der Waals surface area contributed by atoms with Crippen LogP contribution in [-0.4, -0.2) is 15.9 Å². The molecule has 0 radical (unpaired) electrons. The van der Waals surface area contributed by atoms with Crippen LogP contribution in [0.25, 0.3) is 22.2 Å². The second kappa shape index (κ2) is 7.08. The number of hydrogen-bond donors (Lipinski definition) is 0. The number of carbonyl (C=O) groups excluding carboxylic acids is 1. The standard InChI is InChI=1S/C15H9BrN2O2.K/c16-10-3-4-13-11(6-10)12(15(19)20)7-14(18-13)9-2-1-5-17-8-9;/h1-8H,(H,19,20);/q;+1/p-1. The number of carboxylic acids is 1. The molecule has 3 rings (SSSR count). The minimum Gasteiger partial charge on any atom is -0.545 e. The molecule has 0 aliphatic rings. The SMILES string of the molecule is O=C([O-])c1cc(-c2cccnc2)nc2ccc(Br)cc12.[K+]. The van der Waals surface area contributed by atoms with Crippen molar-refractivity contribution in [1.29, 1.82) is 0 Å². The topological polar surface area (TPSA) is 65.9 Å². The number of fused-ring (bicyclic) bond motifs is 1. The number of halogens is 1. The number of nitrogens with zero attached hydrogens (tertiary/aromatic N) is 2. The van der Waals surface area contributed by atoms with Gasteiger partial charge in [0.1, 0.15) is 0 Å². The average molecular weight is 367 g/mol. The van der Waals surface area contributed by atoms with Crippen molar-refractivity contribution in [3.63, 3.8) is 0 Å². The normalized spacial score (nSPS) is 10.1. The molecule has 0 saturated carbocycles. The molecule has 0 N–H and O–H groups in total. The van der Waals surface area contributed by atoms with Gasteiger partial charge in [0.25, 0.3) is 0 Å². The van der Waals surface area contributed by atoms with E-state index in [1.807, 2.05) is 12.1 Å². The largest absolute Gasteiger partial charge is 1.00 e. The molecule has 0 unspecified atom stereocenters. The van der Waals surface area contributed by atoms with Gasteiger partial charge in [-0.3, -0.25) is 4.98 Å². The Balaban J connectivity index is 0.00000161. The van der Waals surface area contributed by atoms with E-state index in [9.17, 15) is 9.90 Å². The van der Waals surface area contributed by atoms with Gasteiger partial charge in [0.05, 0.1) is 17.2 Å². The van der Waals surface area contributed by atoms with Crippen molar-refractivity contribution < 1.29 is 61.3 Å². The second-order valence-corrected chi connectivity index (χ2v) is 5.16. The first-order valence-electron chi connectivity index (χ1n) is 5.87. The van der Waals surface area contributed by atoms with E-state index in [1.54, 1.807) is 30.6 Å². The van der Waals surface area contributed by atoms with Gasteiger partial charge in [-0.25, -0.2) is 4.98 Å². The maximum Gasteiger partial charge on any atom is 1.00 e. The van der Waals surface area contributed by atoms with E-state index < -0.39 is 5.97 Å². The first-order valence-corrected chi connectivity index (χ1v) is 6.66. The number of carbonyl (C=O) groups is 1. The van der Waals surface area contributed by atoms with Crippen LogP contribution in [0.4, 0.5) is 0 Å². The quantitative estimate of drug-likeness (QED) is 0.569. The van der Waals surface area contributed by atoms with Crippen LogP contribution in [0, 0.1) is 0 Å². The number of carboxylic acid groups (broad SMARTS) is 1. The van der Waals surface area contributed by atoms with Crippen LogP contribution >= 0.6 is 15.9 Å². The van der Waals surface area contributed by atoms with Gasteiger partial charge in [0.2, 0.25) is 0 Å². The third-order valence-electron chi connectivity index (χ3n) is 2.95. The molecule has 0 fully saturated rings. The fourth-order valence-corrected chi connectivity index (χ4v) is 2.39. The van der Waals surface area contributed by atoms with Gasteiger partial charge in [0.15, 0.2) is 0 Å². The summed E-state index contributed by atoms with van der Waals surface area (Å²) in [4.78, 5) is 19.8. The van der Waals surface area contributed by atoms with E-state index in [4.69, 9.17) is 0 Å². The monoisotopic (exact) mass is 366 g/mol. The van der Waals surface area contributed by atoms with Crippen molar-refractivity contribution in [2.45, 2.75) is 0 Å². The van der Waals surface area contributed by atoms with Crippen molar-refractivity contribution in [2.75, 3.05) is 0 Å². The molecule has 0 amide bonds. The predicted molar refractivity (Wildman–Crippen MR) is 77.0 cm³/mol. The van der Waals surface area contributed by atoms with Crippen LogP contribution in [0.15, 0.2) is 53.3 Å². The summed E-state index contributed by atoms with van der Waals surface area (Å²) < 4.78 is 0.795. The van der Waals surface area contributed by atoms with Gasteiger partial charge in [-0.2, -0.15) is 0 Å².